The number of alkyl halides is 3. The van der Waals surface area contributed by atoms with Crippen molar-refractivity contribution in [3.05, 3.63) is 40.6 Å². The van der Waals surface area contributed by atoms with Crippen LogP contribution in [0.2, 0.25) is 5.02 Å². The summed E-state index contributed by atoms with van der Waals surface area (Å²) in [7, 11) is 0. The first-order valence-corrected chi connectivity index (χ1v) is 8.23. The Balaban J connectivity index is 2.15. The third kappa shape index (κ3) is 5.40. The fourth-order valence-corrected chi connectivity index (χ4v) is 2.79. The highest BCUT2D eigenvalue weighted by atomic mass is 35.5. The van der Waals surface area contributed by atoms with Gasteiger partial charge in [-0.3, -0.25) is 4.79 Å². The number of amides is 1. The Morgan fingerprint density at radius 2 is 1.88 bits per heavy atom. The third-order valence-electron chi connectivity index (χ3n) is 3.85. The van der Waals surface area contributed by atoms with Gasteiger partial charge >= 0.3 is 6.18 Å². The summed E-state index contributed by atoms with van der Waals surface area (Å²) >= 11 is 5.55. The highest BCUT2D eigenvalue weighted by molar-refractivity contribution is 6.31. The van der Waals surface area contributed by atoms with Gasteiger partial charge in [0.05, 0.1) is 10.6 Å². The highest BCUT2D eigenvalue weighted by Gasteiger charge is 2.33. The lowest BCUT2D eigenvalue weighted by atomic mass is 10.2. The number of hydrogen-bond donors (Lipinski definition) is 1. The standard InChI is InChI=1S/C17H17ClF3N3O/c18-15-6-5-13(9-14(15)17(19,20)21)23-16(25)12(10-22)11-24-7-3-1-2-4-8-24/h5-6,9,11H,1-4,7-8H2,(H,23,25)/b12-11-. The summed E-state index contributed by atoms with van der Waals surface area (Å²) in [6.45, 7) is 1.50. The molecular weight excluding hydrogens is 355 g/mol. The molecule has 0 spiro atoms. The predicted molar refractivity (Wildman–Crippen MR) is 88.8 cm³/mol. The predicted octanol–water partition coefficient (Wildman–Crippen LogP) is 4.58. The number of hydrogen-bond acceptors (Lipinski definition) is 3. The first-order valence-electron chi connectivity index (χ1n) is 7.85. The number of nitrogens with one attached hydrogen (secondary N) is 1. The third-order valence-corrected chi connectivity index (χ3v) is 4.18. The van der Waals surface area contributed by atoms with Gasteiger partial charge in [-0.05, 0) is 31.0 Å². The molecular formula is C17H17ClF3N3O. The van der Waals surface area contributed by atoms with Crippen LogP contribution in [0.25, 0.3) is 0 Å². The van der Waals surface area contributed by atoms with E-state index in [1.807, 2.05) is 4.90 Å². The lowest BCUT2D eigenvalue weighted by molar-refractivity contribution is -0.137. The minimum absolute atomic E-state index is 0.0706. The zero-order chi connectivity index (χ0) is 18.4. The van der Waals surface area contributed by atoms with Crippen LogP contribution in [0.3, 0.4) is 0 Å². The van der Waals surface area contributed by atoms with Crippen molar-refractivity contribution in [2.75, 3.05) is 18.4 Å². The summed E-state index contributed by atoms with van der Waals surface area (Å²) in [5, 5.41) is 11.1. The van der Waals surface area contributed by atoms with E-state index >= 15 is 0 Å². The average molecular weight is 372 g/mol. The van der Waals surface area contributed by atoms with Crippen molar-refractivity contribution in [3.8, 4) is 6.07 Å². The maximum absolute atomic E-state index is 12.9. The lowest BCUT2D eigenvalue weighted by Crippen LogP contribution is -2.22. The summed E-state index contributed by atoms with van der Waals surface area (Å²) in [6.07, 6.45) is 0.998. The number of nitriles is 1. The molecule has 1 saturated heterocycles. The number of nitrogens with zero attached hydrogens (tertiary/aromatic N) is 2. The molecule has 1 fully saturated rings. The van der Waals surface area contributed by atoms with E-state index < -0.39 is 22.7 Å². The normalized spacial score (nSPS) is 16.1. The number of likely N-dealkylation sites (tertiary alicyclic amines) is 1. The number of benzene rings is 1. The molecule has 1 aliphatic heterocycles. The molecule has 8 heteroatoms. The number of anilines is 1. The quantitative estimate of drug-likeness (QED) is 0.625. The molecule has 0 atom stereocenters. The van der Waals surface area contributed by atoms with E-state index in [-0.39, 0.29) is 11.3 Å². The number of carbonyl (C=O) groups is 1. The molecule has 134 valence electrons. The first kappa shape index (κ1) is 19.1. The molecule has 1 aromatic carbocycles. The van der Waals surface area contributed by atoms with Gasteiger partial charge in [0.25, 0.3) is 5.91 Å². The zero-order valence-corrected chi connectivity index (χ0v) is 14.1. The average Bonchev–Trinajstić information content (AvgIpc) is 2.81. The van der Waals surface area contributed by atoms with E-state index in [9.17, 15) is 23.2 Å². The topological polar surface area (TPSA) is 56.1 Å². The molecule has 25 heavy (non-hydrogen) atoms. The molecule has 1 heterocycles. The number of carbonyl (C=O) groups excluding carboxylic acids is 1. The maximum atomic E-state index is 12.9. The van der Waals surface area contributed by atoms with E-state index in [0.717, 1.165) is 50.9 Å². The summed E-state index contributed by atoms with van der Waals surface area (Å²) in [5.41, 5.74) is -1.26. The van der Waals surface area contributed by atoms with Gasteiger partial charge in [-0.1, -0.05) is 24.4 Å². The smallest absolute Gasteiger partial charge is 0.376 e. The zero-order valence-electron chi connectivity index (χ0n) is 13.4. The van der Waals surface area contributed by atoms with Gasteiger partial charge in [0.1, 0.15) is 11.6 Å². The molecule has 0 aromatic heterocycles. The lowest BCUT2D eigenvalue weighted by Gasteiger charge is -2.18. The molecule has 1 aliphatic rings. The molecule has 0 bridgehead atoms. The van der Waals surface area contributed by atoms with E-state index in [1.54, 1.807) is 6.07 Å². The van der Waals surface area contributed by atoms with E-state index in [1.165, 1.54) is 12.3 Å². The van der Waals surface area contributed by atoms with Crippen molar-refractivity contribution in [3.63, 3.8) is 0 Å². The molecule has 2 rings (SSSR count). The van der Waals surface area contributed by atoms with E-state index in [4.69, 9.17) is 11.6 Å². The second-order valence-corrected chi connectivity index (χ2v) is 6.16. The molecule has 0 unspecified atom stereocenters. The van der Waals surface area contributed by atoms with E-state index in [2.05, 4.69) is 5.32 Å². The van der Waals surface area contributed by atoms with Gasteiger partial charge in [-0.2, -0.15) is 18.4 Å². The SMILES string of the molecule is N#C/C(=C/N1CCCCCC1)C(=O)Nc1ccc(Cl)c(C(F)(F)F)c1. The van der Waals surface area contributed by atoms with E-state index in [0.29, 0.717) is 0 Å². The summed E-state index contributed by atoms with van der Waals surface area (Å²) in [4.78, 5) is 14.1. The molecule has 1 N–H and O–H groups in total. The Labute approximate surface area is 148 Å². The molecule has 0 radical (unpaired) electrons. The van der Waals surface area contributed by atoms with Gasteiger partial charge in [0.2, 0.25) is 0 Å². The maximum Gasteiger partial charge on any atom is 0.417 e. The van der Waals surface area contributed by atoms with Crippen LogP contribution in [-0.4, -0.2) is 23.9 Å². The largest absolute Gasteiger partial charge is 0.417 e. The van der Waals surface area contributed by atoms with Crippen molar-refractivity contribution in [1.82, 2.24) is 4.90 Å². The summed E-state index contributed by atoms with van der Waals surface area (Å²) < 4.78 is 38.6. The highest BCUT2D eigenvalue weighted by Crippen LogP contribution is 2.36. The second kappa shape index (κ2) is 8.26. The molecule has 1 amide bonds. The Morgan fingerprint density at radius 1 is 1.24 bits per heavy atom. The molecule has 0 saturated carbocycles. The van der Waals surface area contributed by atoms with Crippen LogP contribution < -0.4 is 5.32 Å². The monoisotopic (exact) mass is 371 g/mol. The fourth-order valence-electron chi connectivity index (χ4n) is 2.56. The first-order chi connectivity index (χ1) is 11.8. The fraction of sp³-hybridized carbons (Fsp3) is 0.412. The Morgan fingerprint density at radius 3 is 2.44 bits per heavy atom. The van der Waals surface area contributed by atoms with Crippen molar-refractivity contribution < 1.29 is 18.0 Å². The Kier molecular flexibility index (Phi) is 6.32. The van der Waals surface area contributed by atoms with Gasteiger partial charge < -0.3 is 10.2 Å². The second-order valence-electron chi connectivity index (χ2n) is 5.75. The van der Waals surface area contributed by atoms with Crippen LogP contribution in [0, 0.1) is 11.3 Å². The van der Waals surface area contributed by atoms with Crippen LogP contribution in [0.15, 0.2) is 30.0 Å². The molecule has 4 nitrogen and oxygen atoms in total. The van der Waals surface area contributed by atoms with Crippen LogP contribution in [0.5, 0.6) is 0 Å². The van der Waals surface area contributed by atoms with Crippen LogP contribution in [-0.2, 0) is 11.0 Å². The minimum Gasteiger partial charge on any atom is -0.376 e. The van der Waals surface area contributed by atoms with Crippen LogP contribution in [0.4, 0.5) is 18.9 Å². The number of rotatable bonds is 3. The Bertz CT molecular complexity index is 702. The van der Waals surface area contributed by atoms with Crippen molar-refractivity contribution >= 4 is 23.2 Å². The van der Waals surface area contributed by atoms with Gasteiger partial charge in [-0.15, -0.1) is 0 Å². The number of halogens is 4. The Hall–Kier alpha value is -2.20. The minimum atomic E-state index is -4.63. The van der Waals surface area contributed by atoms with Crippen molar-refractivity contribution in [2.24, 2.45) is 0 Å². The van der Waals surface area contributed by atoms with Gasteiger partial charge in [-0.25, -0.2) is 0 Å². The summed E-state index contributed by atoms with van der Waals surface area (Å²) in [5.74, 6) is -0.748. The van der Waals surface area contributed by atoms with Crippen LogP contribution in [0.1, 0.15) is 31.2 Å². The van der Waals surface area contributed by atoms with Crippen molar-refractivity contribution in [2.45, 2.75) is 31.9 Å². The van der Waals surface area contributed by atoms with Gasteiger partial charge in [0.15, 0.2) is 0 Å². The summed E-state index contributed by atoms with van der Waals surface area (Å²) in [6, 6.07) is 4.88. The van der Waals surface area contributed by atoms with Crippen LogP contribution >= 0.6 is 11.6 Å². The molecule has 0 aliphatic carbocycles. The van der Waals surface area contributed by atoms with Crippen molar-refractivity contribution in [1.29, 1.82) is 5.26 Å². The van der Waals surface area contributed by atoms with Gasteiger partial charge in [0, 0.05) is 25.0 Å². The molecule has 1 aromatic rings.